The Hall–Kier alpha value is -3.32. The number of carbonyl (C=O) groups excluding carboxylic acids is 2. The maximum Gasteiger partial charge on any atom is 0.275 e. The molecule has 0 radical (unpaired) electrons. The number of fused-ring (bicyclic) bond motifs is 1. The third kappa shape index (κ3) is 4.01. The molecule has 160 valence electrons. The van der Waals surface area contributed by atoms with Crippen LogP contribution in [0.1, 0.15) is 48.2 Å². The number of hydrogen-bond donors (Lipinski definition) is 2. The summed E-state index contributed by atoms with van der Waals surface area (Å²) in [4.78, 5) is 31.6. The van der Waals surface area contributed by atoms with Gasteiger partial charge in [-0.05, 0) is 60.8 Å². The Kier molecular flexibility index (Phi) is 5.69. The summed E-state index contributed by atoms with van der Waals surface area (Å²) in [5.74, 6) is -0.520. The molecule has 1 aromatic rings. The summed E-state index contributed by atoms with van der Waals surface area (Å²) in [6.07, 6.45) is 9.74. The number of carbonyl (C=O) groups is 2. The molecule has 6 nitrogen and oxygen atoms in total. The lowest BCUT2D eigenvalue weighted by atomic mass is 9.87. The first-order chi connectivity index (χ1) is 14.9. The molecule has 0 aromatic heterocycles. The standard InChI is InChI=1S/C24H24FN3O3/c1-14-11-17(25)8-10-18(14)21-12-16(7-9-19(21)23(29)27-31)13-28-15(2)26-22-6-4-3-5-20(22)24(28)30/h3-7,9,11-12,20,22,31H,8,10,13H2,1-2H3,(H,27,29). The minimum absolute atomic E-state index is 0.0186. The van der Waals surface area contributed by atoms with Crippen molar-refractivity contribution in [2.45, 2.75) is 39.3 Å². The van der Waals surface area contributed by atoms with Crippen LogP contribution in [0.5, 0.6) is 0 Å². The van der Waals surface area contributed by atoms with Crippen molar-refractivity contribution in [3.05, 3.63) is 76.7 Å². The zero-order valence-corrected chi connectivity index (χ0v) is 17.4. The summed E-state index contributed by atoms with van der Waals surface area (Å²) < 4.78 is 13.7. The van der Waals surface area contributed by atoms with Crippen LogP contribution in [-0.2, 0) is 11.3 Å². The van der Waals surface area contributed by atoms with Gasteiger partial charge in [0.05, 0.1) is 18.5 Å². The lowest BCUT2D eigenvalue weighted by molar-refractivity contribution is -0.131. The number of allylic oxidation sites excluding steroid dienone is 6. The highest BCUT2D eigenvalue weighted by atomic mass is 19.1. The molecule has 2 amide bonds. The summed E-state index contributed by atoms with van der Waals surface area (Å²) in [7, 11) is 0. The van der Waals surface area contributed by atoms with E-state index in [-0.39, 0.29) is 30.1 Å². The molecular weight excluding hydrogens is 397 g/mol. The average molecular weight is 421 g/mol. The van der Waals surface area contributed by atoms with Gasteiger partial charge in [0.2, 0.25) is 5.91 Å². The van der Waals surface area contributed by atoms with Gasteiger partial charge in [-0.15, -0.1) is 0 Å². The first-order valence-corrected chi connectivity index (χ1v) is 10.2. The number of nitrogens with zero attached hydrogens (tertiary/aromatic N) is 2. The second-order valence-electron chi connectivity index (χ2n) is 7.96. The Morgan fingerprint density at radius 3 is 2.77 bits per heavy atom. The molecule has 0 saturated carbocycles. The van der Waals surface area contributed by atoms with Gasteiger partial charge in [-0.1, -0.05) is 30.4 Å². The first kappa shape index (κ1) is 20.9. The molecule has 2 atom stereocenters. The summed E-state index contributed by atoms with van der Waals surface area (Å²) in [6, 6.07) is 5.05. The van der Waals surface area contributed by atoms with Crippen LogP contribution >= 0.6 is 0 Å². The predicted molar refractivity (Wildman–Crippen MR) is 116 cm³/mol. The van der Waals surface area contributed by atoms with Crippen molar-refractivity contribution in [3.63, 3.8) is 0 Å². The van der Waals surface area contributed by atoms with Crippen LogP contribution in [0.2, 0.25) is 0 Å². The van der Waals surface area contributed by atoms with Gasteiger partial charge < -0.3 is 0 Å². The molecule has 7 heteroatoms. The third-order valence-corrected chi connectivity index (χ3v) is 5.94. The van der Waals surface area contributed by atoms with E-state index in [0.717, 1.165) is 16.7 Å². The van der Waals surface area contributed by atoms with Crippen molar-refractivity contribution in [2.75, 3.05) is 0 Å². The Labute approximate surface area is 180 Å². The van der Waals surface area contributed by atoms with Crippen molar-refractivity contribution >= 4 is 23.2 Å². The fourth-order valence-electron chi connectivity index (χ4n) is 4.33. The first-order valence-electron chi connectivity index (χ1n) is 10.2. The number of halogens is 1. The molecule has 1 heterocycles. The van der Waals surface area contributed by atoms with Crippen LogP contribution in [0.15, 0.2) is 65.0 Å². The smallest absolute Gasteiger partial charge is 0.275 e. The van der Waals surface area contributed by atoms with Crippen LogP contribution in [-0.4, -0.2) is 33.8 Å². The molecule has 31 heavy (non-hydrogen) atoms. The zero-order chi connectivity index (χ0) is 22.1. The fourth-order valence-corrected chi connectivity index (χ4v) is 4.33. The maximum absolute atomic E-state index is 13.7. The topological polar surface area (TPSA) is 82.0 Å². The van der Waals surface area contributed by atoms with E-state index in [1.807, 2.05) is 37.3 Å². The maximum atomic E-state index is 13.7. The molecule has 0 saturated heterocycles. The highest BCUT2D eigenvalue weighted by Crippen LogP contribution is 2.34. The zero-order valence-electron chi connectivity index (χ0n) is 17.4. The van der Waals surface area contributed by atoms with Gasteiger partial charge >= 0.3 is 0 Å². The highest BCUT2D eigenvalue weighted by molar-refractivity contribution is 6.02. The Balaban J connectivity index is 1.71. The van der Waals surface area contributed by atoms with Crippen molar-refractivity contribution < 1.29 is 19.2 Å². The minimum atomic E-state index is -0.634. The van der Waals surface area contributed by atoms with Gasteiger partial charge in [0, 0.05) is 12.0 Å². The SMILES string of the molecule is CC1=NC2C=CC=CC2C(=O)N1Cc1ccc(C(=O)NO)c(C2=C(C)C=C(F)CC2)c1. The lowest BCUT2D eigenvalue weighted by Crippen LogP contribution is -2.46. The Bertz CT molecular complexity index is 1100. The number of rotatable bonds is 4. The van der Waals surface area contributed by atoms with Crippen LogP contribution in [0, 0.1) is 5.92 Å². The monoisotopic (exact) mass is 421 g/mol. The van der Waals surface area contributed by atoms with E-state index in [1.54, 1.807) is 29.4 Å². The molecule has 0 spiro atoms. The number of hydroxylamine groups is 1. The van der Waals surface area contributed by atoms with Gasteiger partial charge in [0.1, 0.15) is 11.7 Å². The minimum Gasteiger partial charge on any atom is -0.296 e. The van der Waals surface area contributed by atoms with Gasteiger partial charge in [-0.3, -0.25) is 24.7 Å². The van der Waals surface area contributed by atoms with Crippen LogP contribution in [0.25, 0.3) is 5.57 Å². The van der Waals surface area contributed by atoms with E-state index >= 15 is 0 Å². The number of hydrogen-bond acceptors (Lipinski definition) is 4. The average Bonchev–Trinajstić information content (AvgIpc) is 2.76. The number of aliphatic imine (C=N–C) groups is 1. The van der Waals surface area contributed by atoms with Crippen molar-refractivity contribution in [3.8, 4) is 0 Å². The van der Waals surface area contributed by atoms with Gasteiger partial charge in [0.25, 0.3) is 5.91 Å². The molecule has 4 rings (SSSR count). The molecule has 3 aliphatic rings. The lowest BCUT2D eigenvalue weighted by Gasteiger charge is -2.34. The van der Waals surface area contributed by atoms with E-state index < -0.39 is 5.91 Å². The summed E-state index contributed by atoms with van der Waals surface area (Å²) in [5, 5.41) is 9.16. The number of amidine groups is 1. The molecule has 0 fully saturated rings. The fraction of sp³-hybridized carbons (Fsp3) is 0.292. The van der Waals surface area contributed by atoms with Crippen LogP contribution in [0.3, 0.4) is 0 Å². The van der Waals surface area contributed by atoms with Crippen LogP contribution in [0.4, 0.5) is 4.39 Å². The van der Waals surface area contributed by atoms with Gasteiger partial charge in [-0.2, -0.15) is 0 Å². The summed E-state index contributed by atoms with van der Waals surface area (Å²) in [6.45, 7) is 3.92. The second-order valence-corrected chi connectivity index (χ2v) is 7.96. The van der Waals surface area contributed by atoms with Gasteiger partial charge in [0.15, 0.2) is 0 Å². The van der Waals surface area contributed by atoms with Crippen molar-refractivity contribution in [1.82, 2.24) is 10.4 Å². The van der Waals surface area contributed by atoms with E-state index in [2.05, 4.69) is 4.99 Å². The van der Waals surface area contributed by atoms with Gasteiger partial charge in [-0.25, -0.2) is 9.87 Å². The highest BCUT2D eigenvalue weighted by Gasteiger charge is 2.35. The van der Waals surface area contributed by atoms with Crippen molar-refractivity contribution in [1.29, 1.82) is 0 Å². The van der Waals surface area contributed by atoms with Crippen LogP contribution < -0.4 is 5.48 Å². The predicted octanol–water partition coefficient (Wildman–Crippen LogP) is 4.10. The largest absolute Gasteiger partial charge is 0.296 e. The number of amides is 2. The summed E-state index contributed by atoms with van der Waals surface area (Å²) in [5.41, 5.74) is 5.01. The van der Waals surface area contributed by atoms with Crippen molar-refractivity contribution in [2.24, 2.45) is 10.9 Å². The Morgan fingerprint density at radius 1 is 1.26 bits per heavy atom. The molecule has 2 unspecified atom stereocenters. The Morgan fingerprint density at radius 2 is 2.03 bits per heavy atom. The van der Waals surface area contributed by atoms with E-state index in [9.17, 15) is 14.0 Å². The molecule has 2 aliphatic carbocycles. The molecule has 1 aromatic carbocycles. The summed E-state index contributed by atoms with van der Waals surface area (Å²) >= 11 is 0. The third-order valence-electron chi connectivity index (χ3n) is 5.94. The quantitative estimate of drug-likeness (QED) is 0.567. The van der Waals surface area contributed by atoms with E-state index in [1.165, 1.54) is 6.08 Å². The normalized spacial score (nSPS) is 22.8. The van der Waals surface area contributed by atoms with E-state index in [4.69, 9.17) is 5.21 Å². The second kappa shape index (κ2) is 8.43. The molecule has 1 aliphatic heterocycles. The molecular formula is C24H24FN3O3. The number of benzene rings is 1. The number of nitrogens with one attached hydrogen (secondary N) is 1. The molecule has 2 N–H and O–H groups in total. The van der Waals surface area contributed by atoms with E-state index in [0.29, 0.717) is 29.9 Å². The molecule has 0 bridgehead atoms.